The molecule has 19 heavy (non-hydrogen) atoms. The van der Waals surface area contributed by atoms with Crippen LogP contribution in [-0.2, 0) is 6.42 Å². The van der Waals surface area contributed by atoms with Gasteiger partial charge in [-0.15, -0.1) is 0 Å². The van der Waals surface area contributed by atoms with Gasteiger partial charge in [0.1, 0.15) is 11.6 Å². The molecule has 0 radical (unpaired) electrons. The normalized spacial score (nSPS) is 10.2. The van der Waals surface area contributed by atoms with E-state index in [-0.39, 0.29) is 11.5 Å². The summed E-state index contributed by atoms with van der Waals surface area (Å²) in [4.78, 5) is 28.6. The SMILES string of the molecule is COc1ccccc1Cc1nc(C(=O)O)cc(=O)[nH]1. The number of carbonyl (C=O) groups is 1. The number of H-pyrrole nitrogens is 1. The second-order valence-electron chi connectivity index (χ2n) is 3.87. The summed E-state index contributed by atoms with van der Waals surface area (Å²) >= 11 is 0. The lowest BCUT2D eigenvalue weighted by atomic mass is 10.1. The van der Waals surface area contributed by atoms with Crippen molar-refractivity contribution in [3.63, 3.8) is 0 Å². The Morgan fingerprint density at radius 3 is 2.84 bits per heavy atom. The van der Waals surface area contributed by atoms with Crippen LogP contribution in [0.5, 0.6) is 5.75 Å². The van der Waals surface area contributed by atoms with Crippen LogP contribution in [0.3, 0.4) is 0 Å². The molecule has 2 N–H and O–H groups in total. The highest BCUT2D eigenvalue weighted by Gasteiger charge is 2.10. The zero-order valence-corrected chi connectivity index (χ0v) is 10.2. The lowest BCUT2D eigenvalue weighted by Crippen LogP contribution is -2.16. The van der Waals surface area contributed by atoms with Crippen molar-refractivity contribution in [1.29, 1.82) is 0 Å². The van der Waals surface area contributed by atoms with E-state index in [0.717, 1.165) is 11.6 Å². The van der Waals surface area contributed by atoms with Crippen LogP contribution in [0.4, 0.5) is 0 Å². The second kappa shape index (κ2) is 5.34. The molecule has 98 valence electrons. The molecule has 0 amide bonds. The lowest BCUT2D eigenvalue weighted by molar-refractivity contribution is 0.0689. The standard InChI is InChI=1S/C13H12N2O4/c1-19-10-5-3-2-4-8(10)6-11-14-9(13(17)18)7-12(16)15-11/h2-5,7H,6H2,1H3,(H,17,18)(H,14,15,16). The van der Waals surface area contributed by atoms with Gasteiger partial charge in [-0.2, -0.15) is 0 Å². The second-order valence-corrected chi connectivity index (χ2v) is 3.87. The van der Waals surface area contributed by atoms with Gasteiger partial charge in [-0.1, -0.05) is 18.2 Å². The molecule has 2 aromatic rings. The Morgan fingerprint density at radius 2 is 2.16 bits per heavy atom. The fourth-order valence-electron chi connectivity index (χ4n) is 1.73. The van der Waals surface area contributed by atoms with Crippen molar-refractivity contribution in [1.82, 2.24) is 9.97 Å². The lowest BCUT2D eigenvalue weighted by Gasteiger charge is -2.07. The van der Waals surface area contributed by atoms with Gasteiger partial charge in [0, 0.05) is 18.1 Å². The van der Waals surface area contributed by atoms with Gasteiger partial charge in [0.15, 0.2) is 5.69 Å². The summed E-state index contributed by atoms with van der Waals surface area (Å²) in [5.41, 5.74) is 0.0571. The van der Waals surface area contributed by atoms with E-state index in [1.165, 1.54) is 0 Å². The van der Waals surface area contributed by atoms with Crippen LogP contribution >= 0.6 is 0 Å². The number of methoxy groups -OCH3 is 1. The molecule has 0 spiro atoms. The van der Waals surface area contributed by atoms with Crippen molar-refractivity contribution in [2.24, 2.45) is 0 Å². The number of ether oxygens (including phenoxy) is 1. The van der Waals surface area contributed by atoms with Gasteiger partial charge in [0.2, 0.25) is 0 Å². The van der Waals surface area contributed by atoms with Crippen molar-refractivity contribution in [2.45, 2.75) is 6.42 Å². The van der Waals surface area contributed by atoms with Gasteiger partial charge in [-0.3, -0.25) is 4.79 Å². The maximum absolute atomic E-state index is 11.4. The molecule has 0 saturated heterocycles. The summed E-state index contributed by atoms with van der Waals surface area (Å²) in [7, 11) is 1.54. The first-order valence-corrected chi connectivity index (χ1v) is 5.55. The van der Waals surface area contributed by atoms with E-state index in [2.05, 4.69) is 9.97 Å². The van der Waals surface area contributed by atoms with E-state index in [0.29, 0.717) is 12.2 Å². The number of carboxylic acids is 1. The van der Waals surface area contributed by atoms with Crippen molar-refractivity contribution < 1.29 is 14.6 Å². The van der Waals surface area contributed by atoms with Crippen LogP contribution in [0.1, 0.15) is 21.9 Å². The van der Waals surface area contributed by atoms with Gasteiger partial charge in [0.25, 0.3) is 5.56 Å². The Balaban J connectivity index is 2.38. The van der Waals surface area contributed by atoms with E-state index < -0.39 is 11.5 Å². The van der Waals surface area contributed by atoms with E-state index in [4.69, 9.17) is 9.84 Å². The van der Waals surface area contributed by atoms with Gasteiger partial charge in [0.05, 0.1) is 7.11 Å². The predicted molar refractivity (Wildman–Crippen MR) is 67.6 cm³/mol. The zero-order valence-electron chi connectivity index (χ0n) is 10.2. The molecule has 6 heteroatoms. The number of nitrogens with one attached hydrogen (secondary N) is 1. The molecule has 0 saturated carbocycles. The molecule has 0 aliphatic carbocycles. The molecule has 0 atom stereocenters. The number of aromatic amines is 1. The quantitative estimate of drug-likeness (QED) is 0.857. The van der Waals surface area contributed by atoms with Crippen LogP contribution in [0.15, 0.2) is 35.1 Å². The van der Waals surface area contributed by atoms with Gasteiger partial charge >= 0.3 is 5.97 Å². The molecule has 0 bridgehead atoms. The number of hydrogen-bond donors (Lipinski definition) is 2. The number of aromatic carboxylic acids is 1. The monoisotopic (exact) mass is 260 g/mol. The van der Waals surface area contributed by atoms with Gasteiger partial charge < -0.3 is 14.8 Å². The number of hydrogen-bond acceptors (Lipinski definition) is 4. The molecule has 0 fully saturated rings. The summed E-state index contributed by atoms with van der Waals surface area (Å²) in [6, 6.07) is 8.22. The van der Waals surface area contributed by atoms with Crippen molar-refractivity contribution >= 4 is 5.97 Å². The third-order valence-corrected chi connectivity index (χ3v) is 2.56. The van der Waals surface area contributed by atoms with Crippen molar-refractivity contribution in [3.8, 4) is 5.75 Å². The number of rotatable bonds is 4. The average Bonchev–Trinajstić information content (AvgIpc) is 2.38. The van der Waals surface area contributed by atoms with Crippen LogP contribution in [0, 0.1) is 0 Å². The Morgan fingerprint density at radius 1 is 1.42 bits per heavy atom. The average molecular weight is 260 g/mol. The molecule has 6 nitrogen and oxygen atoms in total. The van der Waals surface area contributed by atoms with Crippen LogP contribution in [0.2, 0.25) is 0 Å². The molecule has 1 heterocycles. The Labute approximate surface area is 108 Å². The van der Waals surface area contributed by atoms with Gasteiger partial charge in [-0.05, 0) is 6.07 Å². The van der Waals surface area contributed by atoms with Crippen LogP contribution in [0.25, 0.3) is 0 Å². The van der Waals surface area contributed by atoms with E-state index in [1.807, 2.05) is 18.2 Å². The first-order chi connectivity index (χ1) is 9.10. The number of para-hydroxylation sites is 1. The number of benzene rings is 1. The zero-order chi connectivity index (χ0) is 13.8. The minimum Gasteiger partial charge on any atom is -0.496 e. The van der Waals surface area contributed by atoms with E-state index >= 15 is 0 Å². The summed E-state index contributed by atoms with van der Waals surface area (Å²) in [6.07, 6.45) is 0.292. The third kappa shape index (κ3) is 2.98. The number of aromatic nitrogens is 2. The molecule has 0 aliphatic heterocycles. The summed E-state index contributed by atoms with van der Waals surface area (Å²) in [6.45, 7) is 0. The molecule has 2 rings (SSSR count). The van der Waals surface area contributed by atoms with Crippen molar-refractivity contribution in [3.05, 3.63) is 57.8 Å². The highest BCUT2D eigenvalue weighted by atomic mass is 16.5. The summed E-state index contributed by atoms with van der Waals surface area (Å²) < 4.78 is 5.19. The maximum atomic E-state index is 11.4. The van der Waals surface area contributed by atoms with Crippen molar-refractivity contribution in [2.75, 3.05) is 7.11 Å². The topological polar surface area (TPSA) is 92.3 Å². The number of carboxylic acid groups (broad SMARTS) is 1. The minimum absolute atomic E-state index is 0.270. The highest BCUT2D eigenvalue weighted by molar-refractivity contribution is 5.85. The molecule has 0 unspecified atom stereocenters. The fraction of sp³-hybridized carbons (Fsp3) is 0.154. The maximum Gasteiger partial charge on any atom is 0.354 e. The molecular formula is C13H12N2O4. The smallest absolute Gasteiger partial charge is 0.354 e. The summed E-state index contributed by atoms with van der Waals surface area (Å²) in [5.74, 6) is -0.285. The molecule has 1 aromatic heterocycles. The first kappa shape index (κ1) is 12.8. The molecule has 0 aliphatic rings. The van der Waals surface area contributed by atoms with Gasteiger partial charge in [-0.25, -0.2) is 9.78 Å². The Kier molecular flexibility index (Phi) is 3.61. The predicted octanol–water partition coefficient (Wildman–Crippen LogP) is 1.07. The number of nitrogens with zero attached hydrogens (tertiary/aromatic N) is 1. The van der Waals surface area contributed by atoms with E-state index in [1.54, 1.807) is 13.2 Å². The summed E-state index contributed by atoms with van der Waals surface area (Å²) in [5, 5.41) is 8.86. The Bertz CT molecular complexity index is 664. The molecule has 1 aromatic carbocycles. The fourth-order valence-corrected chi connectivity index (χ4v) is 1.73. The largest absolute Gasteiger partial charge is 0.496 e. The highest BCUT2D eigenvalue weighted by Crippen LogP contribution is 2.19. The third-order valence-electron chi connectivity index (χ3n) is 2.56. The first-order valence-electron chi connectivity index (χ1n) is 5.55. The van der Waals surface area contributed by atoms with Crippen LogP contribution in [-0.4, -0.2) is 28.2 Å². The minimum atomic E-state index is -1.23. The Hall–Kier alpha value is -2.63. The van der Waals surface area contributed by atoms with Crippen LogP contribution < -0.4 is 10.3 Å². The molecular weight excluding hydrogens is 248 g/mol. The van der Waals surface area contributed by atoms with E-state index in [9.17, 15) is 9.59 Å².